The zero-order valence-electron chi connectivity index (χ0n) is 8.36. The summed E-state index contributed by atoms with van der Waals surface area (Å²) in [6, 6.07) is 10.2. The maximum absolute atomic E-state index is 4.72. The molecule has 15 heavy (non-hydrogen) atoms. The molecule has 0 atom stereocenters. The van der Waals surface area contributed by atoms with Crippen LogP contribution in [0.15, 0.2) is 41.1 Å². The molecule has 1 heterocycles. The van der Waals surface area contributed by atoms with Crippen LogP contribution in [0.2, 0.25) is 0 Å². The number of rotatable bonds is 4. The minimum absolute atomic E-state index is 0.973. The first kappa shape index (κ1) is 10.2. The fourth-order valence-corrected chi connectivity index (χ4v) is 1.98. The molecule has 3 nitrogen and oxygen atoms in total. The maximum Gasteiger partial charge on any atom is 0.0593 e. The van der Waals surface area contributed by atoms with Gasteiger partial charge in [0.05, 0.1) is 12.8 Å². The summed E-state index contributed by atoms with van der Waals surface area (Å²) in [5.74, 6) is 0. The van der Waals surface area contributed by atoms with Gasteiger partial charge in [0.25, 0.3) is 0 Å². The molecule has 78 valence electrons. The molecule has 2 aromatic rings. The highest BCUT2D eigenvalue weighted by Crippen LogP contribution is 2.24. The van der Waals surface area contributed by atoms with Gasteiger partial charge < -0.3 is 0 Å². The lowest BCUT2D eigenvalue weighted by molar-refractivity contribution is 0.111. The summed E-state index contributed by atoms with van der Waals surface area (Å²) in [6.45, 7) is 0. The van der Waals surface area contributed by atoms with Crippen molar-refractivity contribution in [3.63, 3.8) is 0 Å². The highest BCUT2D eigenvalue weighted by molar-refractivity contribution is 7.08. The van der Waals surface area contributed by atoms with Crippen molar-refractivity contribution in [3.8, 4) is 11.1 Å². The van der Waals surface area contributed by atoms with E-state index in [1.54, 1.807) is 18.4 Å². The summed E-state index contributed by atoms with van der Waals surface area (Å²) in [6.07, 6.45) is 0. The van der Waals surface area contributed by atoms with Crippen LogP contribution in [0.4, 0.5) is 5.69 Å². The molecule has 1 aromatic heterocycles. The van der Waals surface area contributed by atoms with Crippen LogP contribution in [0.3, 0.4) is 0 Å². The van der Waals surface area contributed by atoms with Gasteiger partial charge in [0.1, 0.15) is 0 Å². The summed E-state index contributed by atoms with van der Waals surface area (Å²) in [4.78, 5) is 4.72. The van der Waals surface area contributed by atoms with Crippen LogP contribution in [0.5, 0.6) is 0 Å². The molecule has 1 aromatic carbocycles. The summed E-state index contributed by atoms with van der Waals surface area (Å²) in [5.41, 5.74) is 8.92. The Morgan fingerprint density at radius 2 is 2.13 bits per heavy atom. The van der Waals surface area contributed by atoms with E-state index in [1.807, 2.05) is 12.1 Å². The first-order chi connectivity index (χ1) is 7.40. The van der Waals surface area contributed by atoms with Gasteiger partial charge in [-0.1, -0.05) is 12.1 Å². The van der Waals surface area contributed by atoms with Gasteiger partial charge in [-0.05, 0) is 40.1 Å². The van der Waals surface area contributed by atoms with E-state index >= 15 is 0 Å². The largest absolute Gasteiger partial charge is 0.299 e. The molecule has 0 spiro atoms. The van der Waals surface area contributed by atoms with Crippen LogP contribution in [-0.2, 0) is 4.84 Å². The smallest absolute Gasteiger partial charge is 0.0593 e. The van der Waals surface area contributed by atoms with Crippen LogP contribution in [0.1, 0.15) is 0 Å². The Balaban J connectivity index is 2.19. The lowest BCUT2D eigenvalue weighted by Gasteiger charge is -2.07. The van der Waals surface area contributed by atoms with Crippen molar-refractivity contribution in [2.24, 2.45) is 0 Å². The van der Waals surface area contributed by atoms with E-state index in [2.05, 4.69) is 40.0 Å². The molecule has 2 rings (SSSR count). The average molecular weight is 220 g/mol. The van der Waals surface area contributed by atoms with E-state index < -0.39 is 0 Å². The summed E-state index contributed by atoms with van der Waals surface area (Å²) in [5, 5.41) is 4.20. The third kappa shape index (κ3) is 2.56. The Hall–Kier alpha value is -1.36. The van der Waals surface area contributed by atoms with Crippen molar-refractivity contribution < 1.29 is 4.84 Å². The molecule has 0 unspecified atom stereocenters. The summed E-state index contributed by atoms with van der Waals surface area (Å²) in [7, 11) is 1.57. The van der Waals surface area contributed by atoms with Crippen LogP contribution in [0, 0.1) is 0 Å². The summed E-state index contributed by atoms with van der Waals surface area (Å²) < 4.78 is 0. The van der Waals surface area contributed by atoms with Crippen molar-refractivity contribution in [3.05, 3.63) is 41.1 Å². The van der Waals surface area contributed by atoms with Crippen molar-refractivity contribution >= 4 is 17.0 Å². The van der Waals surface area contributed by atoms with E-state index in [0.717, 1.165) is 5.69 Å². The van der Waals surface area contributed by atoms with Gasteiger partial charge in [0, 0.05) is 0 Å². The van der Waals surface area contributed by atoms with Crippen molar-refractivity contribution in [2.45, 2.75) is 0 Å². The highest BCUT2D eigenvalue weighted by atomic mass is 32.1. The van der Waals surface area contributed by atoms with Gasteiger partial charge in [-0.3, -0.25) is 10.3 Å². The monoisotopic (exact) mass is 220 g/mol. The van der Waals surface area contributed by atoms with E-state index in [9.17, 15) is 0 Å². The first-order valence-electron chi connectivity index (χ1n) is 4.57. The first-order valence-corrected chi connectivity index (χ1v) is 5.51. The molecular weight excluding hydrogens is 208 g/mol. The number of benzene rings is 1. The van der Waals surface area contributed by atoms with E-state index in [1.165, 1.54) is 11.1 Å². The zero-order valence-corrected chi connectivity index (χ0v) is 9.17. The van der Waals surface area contributed by atoms with Gasteiger partial charge in [-0.2, -0.15) is 11.3 Å². The van der Waals surface area contributed by atoms with Crippen LogP contribution < -0.4 is 11.0 Å². The van der Waals surface area contributed by atoms with Crippen LogP contribution >= 0.6 is 11.3 Å². The third-order valence-electron chi connectivity index (χ3n) is 2.01. The number of thiophene rings is 1. The van der Waals surface area contributed by atoms with Gasteiger partial charge >= 0.3 is 0 Å². The van der Waals surface area contributed by atoms with Gasteiger partial charge in [0.2, 0.25) is 0 Å². The Morgan fingerprint density at radius 1 is 1.20 bits per heavy atom. The molecular formula is C11H12N2OS. The minimum atomic E-state index is 0.973. The Labute approximate surface area is 92.6 Å². The molecule has 0 aliphatic carbocycles. The average Bonchev–Trinajstić information content (AvgIpc) is 2.80. The molecule has 0 bridgehead atoms. The standard InChI is InChI=1S/C11H12N2OS/c1-14-13-12-11-4-2-3-9(7-11)10-5-6-15-8-10/h2-8,12-13H,1H3. The quantitative estimate of drug-likeness (QED) is 0.777. The zero-order chi connectivity index (χ0) is 10.5. The molecule has 0 saturated heterocycles. The second-order valence-corrected chi connectivity index (χ2v) is 3.80. The van der Waals surface area contributed by atoms with Crippen molar-refractivity contribution in [1.29, 1.82) is 0 Å². The molecule has 2 N–H and O–H groups in total. The third-order valence-corrected chi connectivity index (χ3v) is 2.70. The van der Waals surface area contributed by atoms with Crippen molar-refractivity contribution in [2.75, 3.05) is 12.5 Å². The summed E-state index contributed by atoms with van der Waals surface area (Å²) >= 11 is 1.70. The number of hydrazine groups is 1. The normalized spacial score (nSPS) is 10.2. The van der Waals surface area contributed by atoms with E-state index in [0.29, 0.717) is 0 Å². The highest BCUT2D eigenvalue weighted by Gasteiger charge is 1.98. The molecule has 0 amide bonds. The van der Waals surface area contributed by atoms with Gasteiger partial charge in [-0.25, -0.2) is 0 Å². The lowest BCUT2D eigenvalue weighted by atomic mass is 10.1. The minimum Gasteiger partial charge on any atom is -0.299 e. The topological polar surface area (TPSA) is 33.3 Å². The fourth-order valence-electron chi connectivity index (χ4n) is 1.32. The fraction of sp³-hybridized carbons (Fsp3) is 0.0909. The molecule has 0 saturated carbocycles. The molecule has 0 aliphatic heterocycles. The van der Waals surface area contributed by atoms with Crippen molar-refractivity contribution in [1.82, 2.24) is 5.59 Å². The molecule has 0 aliphatic rings. The van der Waals surface area contributed by atoms with E-state index in [4.69, 9.17) is 4.84 Å². The van der Waals surface area contributed by atoms with Crippen LogP contribution in [0.25, 0.3) is 11.1 Å². The predicted octanol–water partition coefficient (Wildman–Crippen LogP) is 2.89. The molecule has 4 heteroatoms. The van der Waals surface area contributed by atoms with Crippen LogP contribution in [-0.4, -0.2) is 7.11 Å². The lowest BCUT2D eigenvalue weighted by Crippen LogP contribution is -2.19. The molecule has 0 fully saturated rings. The number of hydrogen-bond acceptors (Lipinski definition) is 4. The number of nitrogens with one attached hydrogen (secondary N) is 2. The Morgan fingerprint density at radius 3 is 2.87 bits per heavy atom. The number of anilines is 1. The second kappa shape index (κ2) is 4.93. The van der Waals surface area contributed by atoms with Gasteiger partial charge in [0.15, 0.2) is 0 Å². The van der Waals surface area contributed by atoms with E-state index in [-0.39, 0.29) is 0 Å². The SMILES string of the molecule is CONNc1cccc(-c2ccsc2)c1. The van der Waals surface area contributed by atoms with Gasteiger partial charge in [-0.15, -0.1) is 5.59 Å². The number of hydrogen-bond donors (Lipinski definition) is 2. The maximum atomic E-state index is 4.72. The Bertz CT molecular complexity index is 414. The second-order valence-electron chi connectivity index (χ2n) is 3.02. The molecule has 0 radical (unpaired) electrons. The predicted molar refractivity (Wildman–Crippen MR) is 63.5 cm³/mol. The Kier molecular flexibility index (Phi) is 3.34.